The first-order valence-corrected chi connectivity index (χ1v) is 7.86. The smallest absolute Gasteiger partial charge is 0.273 e. The van der Waals surface area contributed by atoms with E-state index in [1.807, 2.05) is 0 Å². The molecule has 0 aliphatic heterocycles. The van der Waals surface area contributed by atoms with Gasteiger partial charge in [-0.1, -0.05) is 24.3 Å². The van der Waals surface area contributed by atoms with Gasteiger partial charge in [-0.2, -0.15) is 0 Å². The van der Waals surface area contributed by atoms with Crippen LogP contribution in [0.3, 0.4) is 0 Å². The lowest BCUT2D eigenvalue weighted by atomic mass is 10.2. The molecule has 9 heteroatoms. The van der Waals surface area contributed by atoms with Gasteiger partial charge in [0.2, 0.25) is 0 Å². The normalized spacial score (nSPS) is 9.73. The molecule has 2 rings (SSSR count). The second-order valence-corrected chi connectivity index (χ2v) is 5.32. The SMILES string of the molecule is COc1ccccc1OCC(=O)NC(=S)NNC(=O)c1ccccc1O. The fourth-order valence-electron chi connectivity index (χ4n) is 1.92. The van der Waals surface area contributed by atoms with Crippen LogP contribution >= 0.6 is 12.2 Å². The van der Waals surface area contributed by atoms with E-state index in [0.717, 1.165) is 0 Å². The van der Waals surface area contributed by atoms with Crippen molar-refractivity contribution < 1.29 is 24.2 Å². The van der Waals surface area contributed by atoms with Crippen molar-refractivity contribution >= 4 is 29.1 Å². The predicted molar refractivity (Wildman–Crippen MR) is 97.9 cm³/mol. The molecule has 8 nitrogen and oxygen atoms in total. The summed E-state index contributed by atoms with van der Waals surface area (Å²) in [5.74, 6) is -0.394. The van der Waals surface area contributed by atoms with E-state index in [1.165, 1.54) is 19.2 Å². The van der Waals surface area contributed by atoms with E-state index < -0.39 is 11.8 Å². The second kappa shape index (κ2) is 9.23. The number of phenolic OH excluding ortho intramolecular Hbond substituents is 1. The lowest BCUT2D eigenvalue weighted by Gasteiger charge is -2.12. The van der Waals surface area contributed by atoms with Crippen LogP contribution < -0.4 is 25.6 Å². The number of nitrogens with one attached hydrogen (secondary N) is 3. The molecule has 136 valence electrons. The highest BCUT2D eigenvalue weighted by molar-refractivity contribution is 7.80. The van der Waals surface area contributed by atoms with Crippen LogP contribution in [0.1, 0.15) is 10.4 Å². The Morgan fingerprint density at radius 2 is 1.69 bits per heavy atom. The van der Waals surface area contributed by atoms with Crippen molar-refractivity contribution in [1.82, 2.24) is 16.2 Å². The number of amides is 2. The monoisotopic (exact) mass is 375 g/mol. The summed E-state index contributed by atoms with van der Waals surface area (Å²) in [6.07, 6.45) is 0. The molecule has 0 aromatic heterocycles. The number of phenols is 1. The topological polar surface area (TPSA) is 109 Å². The maximum absolute atomic E-state index is 11.9. The van der Waals surface area contributed by atoms with Gasteiger partial charge in [0, 0.05) is 0 Å². The van der Waals surface area contributed by atoms with Crippen molar-refractivity contribution in [2.24, 2.45) is 0 Å². The third kappa shape index (κ3) is 5.35. The van der Waals surface area contributed by atoms with Gasteiger partial charge >= 0.3 is 0 Å². The van der Waals surface area contributed by atoms with E-state index in [9.17, 15) is 14.7 Å². The zero-order valence-corrected chi connectivity index (χ0v) is 14.6. The average Bonchev–Trinajstić information content (AvgIpc) is 2.65. The standard InChI is InChI=1S/C17H17N3O5S/c1-24-13-8-4-5-9-14(13)25-10-15(22)18-17(26)20-19-16(23)11-6-2-3-7-12(11)21/h2-9,21H,10H2,1H3,(H,19,23)(H2,18,20,22,26). The van der Waals surface area contributed by atoms with Crippen LogP contribution in [0.2, 0.25) is 0 Å². The molecule has 2 aromatic rings. The van der Waals surface area contributed by atoms with Crippen LogP contribution in [-0.2, 0) is 4.79 Å². The maximum Gasteiger partial charge on any atom is 0.273 e. The number of hydrazine groups is 1. The number of aromatic hydroxyl groups is 1. The lowest BCUT2D eigenvalue weighted by molar-refractivity contribution is -0.121. The minimum absolute atomic E-state index is 0.0635. The Hall–Kier alpha value is -3.33. The highest BCUT2D eigenvalue weighted by Crippen LogP contribution is 2.25. The number of para-hydroxylation sites is 3. The van der Waals surface area contributed by atoms with Gasteiger partial charge in [-0.25, -0.2) is 0 Å². The maximum atomic E-state index is 11.9. The van der Waals surface area contributed by atoms with Crippen molar-refractivity contribution in [1.29, 1.82) is 0 Å². The van der Waals surface area contributed by atoms with Gasteiger partial charge in [0.1, 0.15) is 5.75 Å². The van der Waals surface area contributed by atoms with E-state index in [0.29, 0.717) is 11.5 Å². The lowest BCUT2D eigenvalue weighted by Crippen LogP contribution is -2.49. The number of rotatable bonds is 5. The zero-order valence-electron chi connectivity index (χ0n) is 13.8. The Bertz CT molecular complexity index is 812. The summed E-state index contributed by atoms with van der Waals surface area (Å²) in [6, 6.07) is 12.9. The summed E-state index contributed by atoms with van der Waals surface area (Å²) < 4.78 is 10.5. The third-order valence-corrected chi connectivity index (χ3v) is 3.32. The largest absolute Gasteiger partial charge is 0.507 e. The van der Waals surface area contributed by atoms with Crippen molar-refractivity contribution in [2.75, 3.05) is 13.7 Å². The van der Waals surface area contributed by atoms with Gasteiger partial charge in [0.05, 0.1) is 12.7 Å². The fourth-order valence-corrected chi connectivity index (χ4v) is 2.09. The van der Waals surface area contributed by atoms with Crippen molar-refractivity contribution in [2.45, 2.75) is 0 Å². The van der Waals surface area contributed by atoms with Gasteiger partial charge in [-0.15, -0.1) is 0 Å². The minimum Gasteiger partial charge on any atom is -0.507 e. The summed E-state index contributed by atoms with van der Waals surface area (Å²) in [5.41, 5.74) is 4.70. The molecular weight excluding hydrogens is 358 g/mol. The van der Waals surface area contributed by atoms with Gasteiger partial charge in [0.25, 0.3) is 11.8 Å². The molecule has 0 spiro atoms. The summed E-state index contributed by atoms with van der Waals surface area (Å²) in [5, 5.41) is 11.8. The molecular formula is C17H17N3O5S. The van der Waals surface area contributed by atoms with E-state index in [-0.39, 0.29) is 23.0 Å². The molecule has 0 heterocycles. The first kappa shape index (κ1) is 19.0. The van der Waals surface area contributed by atoms with Gasteiger partial charge < -0.3 is 14.6 Å². The Balaban J connectivity index is 1.78. The molecule has 0 atom stereocenters. The summed E-state index contributed by atoms with van der Waals surface area (Å²) >= 11 is 4.91. The first-order valence-electron chi connectivity index (χ1n) is 7.45. The second-order valence-electron chi connectivity index (χ2n) is 4.91. The van der Waals surface area contributed by atoms with Gasteiger partial charge in [-0.05, 0) is 36.5 Å². The van der Waals surface area contributed by atoms with Crippen molar-refractivity contribution in [3.05, 3.63) is 54.1 Å². The van der Waals surface area contributed by atoms with Crippen LogP contribution in [0.4, 0.5) is 0 Å². The number of thiocarbonyl (C=S) groups is 1. The van der Waals surface area contributed by atoms with E-state index >= 15 is 0 Å². The molecule has 0 fully saturated rings. The summed E-state index contributed by atoms with van der Waals surface area (Å²) in [7, 11) is 1.49. The summed E-state index contributed by atoms with van der Waals surface area (Å²) in [4.78, 5) is 23.7. The molecule has 2 aromatic carbocycles. The highest BCUT2D eigenvalue weighted by atomic mass is 32.1. The van der Waals surface area contributed by atoms with E-state index in [1.54, 1.807) is 36.4 Å². The van der Waals surface area contributed by atoms with Crippen molar-refractivity contribution in [3.8, 4) is 17.2 Å². The molecule has 26 heavy (non-hydrogen) atoms. The molecule has 0 unspecified atom stereocenters. The quantitative estimate of drug-likeness (QED) is 0.458. The van der Waals surface area contributed by atoms with E-state index in [2.05, 4.69) is 16.2 Å². The Labute approximate surface area is 155 Å². The third-order valence-electron chi connectivity index (χ3n) is 3.12. The molecule has 0 saturated heterocycles. The zero-order chi connectivity index (χ0) is 18.9. The summed E-state index contributed by atoms with van der Waals surface area (Å²) in [6.45, 7) is -0.296. The Morgan fingerprint density at radius 3 is 2.38 bits per heavy atom. The molecule has 0 saturated carbocycles. The van der Waals surface area contributed by atoms with Gasteiger partial charge in [-0.3, -0.25) is 25.8 Å². The minimum atomic E-state index is -0.607. The molecule has 4 N–H and O–H groups in total. The van der Waals surface area contributed by atoms with Crippen LogP contribution in [0.25, 0.3) is 0 Å². The predicted octanol–water partition coefficient (Wildman–Crippen LogP) is 1.12. The number of hydrogen-bond donors (Lipinski definition) is 4. The van der Waals surface area contributed by atoms with Crippen LogP contribution in [0.5, 0.6) is 17.2 Å². The van der Waals surface area contributed by atoms with E-state index in [4.69, 9.17) is 21.7 Å². The van der Waals surface area contributed by atoms with Crippen LogP contribution in [0.15, 0.2) is 48.5 Å². The van der Waals surface area contributed by atoms with Crippen LogP contribution in [0, 0.1) is 0 Å². The Morgan fingerprint density at radius 1 is 1.04 bits per heavy atom. The number of methoxy groups -OCH3 is 1. The fraction of sp³-hybridized carbons (Fsp3) is 0.118. The molecule has 2 amide bonds. The molecule has 0 aliphatic rings. The molecule has 0 bridgehead atoms. The number of carbonyl (C=O) groups is 2. The van der Waals surface area contributed by atoms with Crippen LogP contribution in [-0.4, -0.2) is 35.8 Å². The number of hydrogen-bond acceptors (Lipinski definition) is 6. The average molecular weight is 375 g/mol. The highest BCUT2D eigenvalue weighted by Gasteiger charge is 2.12. The molecule has 0 radical (unpaired) electrons. The van der Waals surface area contributed by atoms with Crippen molar-refractivity contribution in [3.63, 3.8) is 0 Å². The molecule has 0 aliphatic carbocycles. The first-order chi connectivity index (χ1) is 12.5. The number of benzene rings is 2. The number of ether oxygens (including phenoxy) is 2. The van der Waals surface area contributed by atoms with Gasteiger partial charge in [0.15, 0.2) is 23.2 Å². The Kier molecular flexibility index (Phi) is 6.75. The number of carbonyl (C=O) groups excluding carboxylic acids is 2.